The molecular weight excluding hydrogens is 307 g/mol. The molecule has 0 saturated carbocycles. The van der Waals surface area contributed by atoms with Crippen LogP contribution in [0.1, 0.15) is 38.2 Å². The fraction of sp³-hybridized carbons (Fsp3) is 0.684. The molecule has 0 aromatic heterocycles. The molecule has 3 aliphatic rings. The first-order valence-electron chi connectivity index (χ1n) is 9.09. The van der Waals surface area contributed by atoms with Gasteiger partial charge in [0.25, 0.3) is 0 Å². The van der Waals surface area contributed by atoms with E-state index in [-0.39, 0.29) is 5.82 Å². The second-order valence-electron chi connectivity index (χ2n) is 7.64. The SMILES string of the molecule is Cc1cc2c(cc1F)OCN2C1CCN(C2(C)CCOCC2)CC1. The molecule has 1 aromatic carbocycles. The molecule has 0 atom stereocenters. The largest absolute Gasteiger partial charge is 0.471 e. The highest BCUT2D eigenvalue weighted by atomic mass is 19.1. The summed E-state index contributed by atoms with van der Waals surface area (Å²) in [6, 6.07) is 3.95. The average molecular weight is 334 g/mol. The van der Waals surface area contributed by atoms with Crippen LogP contribution in [0.25, 0.3) is 0 Å². The molecule has 24 heavy (non-hydrogen) atoms. The Balaban J connectivity index is 1.43. The van der Waals surface area contributed by atoms with Gasteiger partial charge in [-0.15, -0.1) is 0 Å². The van der Waals surface area contributed by atoms with E-state index in [1.165, 1.54) is 6.07 Å². The molecule has 0 unspecified atom stereocenters. The molecule has 2 saturated heterocycles. The lowest BCUT2D eigenvalue weighted by molar-refractivity contribution is -0.0285. The standard InChI is InChI=1S/C19H27FN2O2/c1-14-11-17-18(12-16(14)20)24-13-22(17)15-3-7-21(8-4-15)19(2)5-9-23-10-6-19/h11-12,15H,3-10,13H2,1-2H3. The zero-order valence-corrected chi connectivity index (χ0v) is 14.7. The van der Waals surface area contributed by atoms with Crippen molar-refractivity contribution in [3.63, 3.8) is 0 Å². The van der Waals surface area contributed by atoms with Crippen molar-refractivity contribution in [2.24, 2.45) is 0 Å². The summed E-state index contributed by atoms with van der Waals surface area (Å²) in [6.07, 6.45) is 4.53. The summed E-state index contributed by atoms with van der Waals surface area (Å²) in [5.74, 6) is 0.509. The third-order valence-corrected chi connectivity index (χ3v) is 6.15. The molecule has 0 bridgehead atoms. The average Bonchev–Trinajstić information content (AvgIpc) is 2.99. The van der Waals surface area contributed by atoms with Gasteiger partial charge in [0.15, 0.2) is 6.73 Å². The third kappa shape index (κ3) is 2.78. The number of aryl methyl sites for hydroxylation is 1. The minimum absolute atomic E-state index is 0.183. The molecule has 132 valence electrons. The Morgan fingerprint density at radius 1 is 1.17 bits per heavy atom. The van der Waals surface area contributed by atoms with E-state index < -0.39 is 0 Å². The summed E-state index contributed by atoms with van der Waals surface area (Å²) in [5.41, 5.74) is 2.04. The first-order valence-corrected chi connectivity index (χ1v) is 9.09. The molecular formula is C19H27FN2O2. The number of halogens is 1. The van der Waals surface area contributed by atoms with Crippen molar-refractivity contribution < 1.29 is 13.9 Å². The summed E-state index contributed by atoms with van der Waals surface area (Å²) < 4.78 is 25.0. The predicted octanol–water partition coefficient (Wildman–Crippen LogP) is 3.32. The van der Waals surface area contributed by atoms with Crippen LogP contribution in [-0.4, -0.2) is 49.5 Å². The Morgan fingerprint density at radius 2 is 1.88 bits per heavy atom. The molecule has 0 aliphatic carbocycles. The number of hydrogen-bond donors (Lipinski definition) is 0. The monoisotopic (exact) mass is 334 g/mol. The first-order chi connectivity index (χ1) is 11.6. The molecule has 0 amide bonds. The topological polar surface area (TPSA) is 24.9 Å². The molecule has 3 heterocycles. The van der Waals surface area contributed by atoms with Gasteiger partial charge in [-0.05, 0) is 51.2 Å². The second-order valence-corrected chi connectivity index (χ2v) is 7.64. The van der Waals surface area contributed by atoms with Gasteiger partial charge in [0, 0.05) is 44.0 Å². The van der Waals surface area contributed by atoms with Gasteiger partial charge in [-0.2, -0.15) is 0 Å². The van der Waals surface area contributed by atoms with Crippen LogP contribution in [0.3, 0.4) is 0 Å². The van der Waals surface area contributed by atoms with Gasteiger partial charge in [-0.3, -0.25) is 4.90 Å². The molecule has 4 rings (SSSR count). The molecule has 5 heteroatoms. The summed E-state index contributed by atoms with van der Waals surface area (Å²) in [6.45, 7) is 8.76. The highest BCUT2D eigenvalue weighted by molar-refractivity contribution is 5.63. The van der Waals surface area contributed by atoms with E-state index in [2.05, 4.69) is 16.7 Å². The summed E-state index contributed by atoms with van der Waals surface area (Å²) in [4.78, 5) is 4.98. The quantitative estimate of drug-likeness (QED) is 0.828. The fourth-order valence-electron chi connectivity index (χ4n) is 4.34. The summed E-state index contributed by atoms with van der Waals surface area (Å²) in [5, 5.41) is 0. The van der Waals surface area contributed by atoms with Gasteiger partial charge in [0.05, 0.1) is 5.69 Å². The van der Waals surface area contributed by atoms with Crippen LogP contribution >= 0.6 is 0 Å². The Hall–Kier alpha value is -1.33. The van der Waals surface area contributed by atoms with Gasteiger partial charge in [-0.1, -0.05) is 0 Å². The third-order valence-electron chi connectivity index (χ3n) is 6.15. The molecule has 0 N–H and O–H groups in total. The van der Waals surface area contributed by atoms with Crippen molar-refractivity contribution in [3.05, 3.63) is 23.5 Å². The van der Waals surface area contributed by atoms with Gasteiger partial charge in [0.1, 0.15) is 11.6 Å². The van der Waals surface area contributed by atoms with Crippen molar-refractivity contribution >= 4 is 5.69 Å². The predicted molar refractivity (Wildman–Crippen MR) is 92.2 cm³/mol. The van der Waals surface area contributed by atoms with Crippen molar-refractivity contribution in [2.75, 3.05) is 37.9 Å². The zero-order chi connectivity index (χ0) is 16.7. The van der Waals surface area contributed by atoms with Crippen LogP contribution in [0.4, 0.5) is 10.1 Å². The Bertz CT molecular complexity index is 608. The van der Waals surface area contributed by atoms with Gasteiger partial charge >= 0.3 is 0 Å². The fourth-order valence-corrected chi connectivity index (χ4v) is 4.34. The molecule has 2 fully saturated rings. The zero-order valence-electron chi connectivity index (χ0n) is 14.7. The van der Waals surface area contributed by atoms with E-state index in [1.807, 2.05) is 13.0 Å². The van der Waals surface area contributed by atoms with Crippen LogP contribution in [0.2, 0.25) is 0 Å². The number of nitrogens with zero attached hydrogens (tertiary/aromatic N) is 2. The Labute approximate surface area is 143 Å². The number of piperidine rings is 1. The maximum atomic E-state index is 13.7. The van der Waals surface area contributed by atoms with Crippen molar-refractivity contribution in [1.29, 1.82) is 0 Å². The van der Waals surface area contributed by atoms with Crippen molar-refractivity contribution in [2.45, 2.75) is 51.1 Å². The lowest BCUT2D eigenvalue weighted by Gasteiger charge is -2.48. The van der Waals surface area contributed by atoms with Gasteiger partial charge < -0.3 is 14.4 Å². The van der Waals surface area contributed by atoms with Gasteiger partial charge in [-0.25, -0.2) is 4.39 Å². The van der Waals surface area contributed by atoms with Crippen LogP contribution in [0, 0.1) is 12.7 Å². The molecule has 1 aromatic rings. The molecule has 4 nitrogen and oxygen atoms in total. The maximum absolute atomic E-state index is 13.7. The Kier molecular flexibility index (Phi) is 4.17. The van der Waals surface area contributed by atoms with E-state index in [0.717, 1.165) is 57.7 Å². The van der Waals surface area contributed by atoms with Gasteiger partial charge in [0.2, 0.25) is 0 Å². The van der Waals surface area contributed by atoms with Crippen molar-refractivity contribution in [1.82, 2.24) is 4.90 Å². The maximum Gasteiger partial charge on any atom is 0.161 e. The lowest BCUT2D eigenvalue weighted by Crippen LogP contribution is -2.55. The number of rotatable bonds is 2. The van der Waals surface area contributed by atoms with Crippen LogP contribution in [0.15, 0.2) is 12.1 Å². The minimum Gasteiger partial charge on any atom is -0.471 e. The van der Waals surface area contributed by atoms with E-state index in [4.69, 9.17) is 9.47 Å². The minimum atomic E-state index is -0.183. The van der Waals surface area contributed by atoms with Crippen LogP contribution in [0.5, 0.6) is 5.75 Å². The number of fused-ring (bicyclic) bond motifs is 1. The lowest BCUT2D eigenvalue weighted by atomic mass is 9.87. The number of likely N-dealkylation sites (tertiary alicyclic amines) is 1. The highest BCUT2D eigenvalue weighted by Crippen LogP contribution is 2.39. The number of ether oxygens (including phenoxy) is 2. The van der Waals surface area contributed by atoms with E-state index in [9.17, 15) is 4.39 Å². The molecule has 0 spiro atoms. The first kappa shape index (κ1) is 16.2. The smallest absolute Gasteiger partial charge is 0.161 e. The number of hydrogen-bond acceptors (Lipinski definition) is 4. The summed E-state index contributed by atoms with van der Waals surface area (Å²) in [7, 11) is 0. The second kappa shape index (κ2) is 6.19. The van der Waals surface area contributed by atoms with Crippen LogP contribution in [-0.2, 0) is 4.74 Å². The van der Waals surface area contributed by atoms with E-state index in [0.29, 0.717) is 29.6 Å². The molecule has 0 radical (unpaired) electrons. The number of anilines is 1. The Morgan fingerprint density at radius 3 is 2.58 bits per heavy atom. The summed E-state index contributed by atoms with van der Waals surface area (Å²) >= 11 is 0. The molecule has 3 aliphatic heterocycles. The highest BCUT2D eigenvalue weighted by Gasteiger charge is 2.38. The number of benzene rings is 1. The normalized spacial score (nSPS) is 24.7. The van der Waals surface area contributed by atoms with Crippen molar-refractivity contribution in [3.8, 4) is 5.75 Å². The van der Waals surface area contributed by atoms with Crippen LogP contribution < -0.4 is 9.64 Å². The van der Waals surface area contributed by atoms with E-state index >= 15 is 0 Å². The van der Waals surface area contributed by atoms with E-state index in [1.54, 1.807) is 0 Å².